The number of fused-ring (bicyclic) bond motifs is 2. The molecule has 2 heterocycles. The van der Waals surface area contributed by atoms with Crippen molar-refractivity contribution in [3.05, 3.63) is 126 Å². The maximum atomic E-state index is 13.1. The molecule has 4 aromatic rings. The number of nitrogens with one attached hydrogen (secondary N) is 2. The van der Waals surface area contributed by atoms with Crippen LogP contribution in [0.2, 0.25) is 20.1 Å². The predicted octanol–water partition coefficient (Wildman–Crippen LogP) is 8.40. The molecule has 3 atom stereocenters. The lowest BCUT2D eigenvalue weighted by atomic mass is 9.85. The van der Waals surface area contributed by atoms with E-state index < -0.39 is 11.4 Å². The van der Waals surface area contributed by atoms with Gasteiger partial charge >= 0.3 is 0 Å². The molecule has 0 aromatic heterocycles. The molecule has 0 saturated heterocycles. The maximum absolute atomic E-state index is 13.1. The van der Waals surface area contributed by atoms with Crippen LogP contribution in [-0.2, 0) is 33.9 Å². The summed E-state index contributed by atoms with van der Waals surface area (Å²) in [6.07, 6.45) is 0. The Labute approximate surface area is 328 Å². The van der Waals surface area contributed by atoms with Crippen molar-refractivity contribution in [3.8, 4) is 0 Å². The van der Waals surface area contributed by atoms with Gasteiger partial charge in [-0.1, -0.05) is 70.7 Å². The van der Waals surface area contributed by atoms with E-state index in [1.165, 1.54) is 11.1 Å². The van der Waals surface area contributed by atoms with Crippen molar-refractivity contribution in [3.63, 3.8) is 0 Å². The van der Waals surface area contributed by atoms with Crippen LogP contribution in [0, 0.1) is 0 Å². The van der Waals surface area contributed by atoms with Crippen LogP contribution in [0.25, 0.3) is 0 Å². The minimum Gasteiger partial charge on any atom is -0.593 e. The number of likely N-dealkylation sites (N-methyl/N-ethyl adjacent to an activating group) is 2. The first kappa shape index (κ1) is 39.2. The van der Waals surface area contributed by atoms with E-state index in [9.17, 15) is 4.55 Å². The molecule has 0 saturated carbocycles. The van der Waals surface area contributed by atoms with Gasteiger partial charge in [-0.15, -0.1) is 4.72 Å². The third-order valence-corrected chi connectivity index (χ3v) is 12.2. The minimum absolute atomic E-state index is 0.0868. The maximum Gasteiger partial charge on any atom is 0.174 e. The number of hydrogen-bond acceptors (Lipinski definition) is 8. The highest BCUT2D eigenvalue weighted by atomic mass is 35.5. The first-order valence-electron chi connectivity index (χ1n) is 16.9. The molecular weight excluding hydrogens is 766 g/mol. The standard InChI is InChI=1S/C38H42Cl4N4O3S2/c1-45-21-33(31-17-27(39)19-37(41)35(31)23-45)25-5-3-7-29(15-25)50-43-9-11-48-13-14-49-12-10-44-51(47)30-8-4-6-26(16-30)34-22-46(2)24-36-32(34)18-28(40)20-38(36)42/h3-8,15-20,33-34,43-44H,9-14,21-24H2,1-2H3. The quantitative estimate of drug-likeness (QED) is 0.0706. The molecule has 0 radical (unpaired) electrons. The van der Waals surface area contributed by atoms with E-state index in [4.69, 9.17) is 55.9 Å². The predicted molar refractivity (Wildman–Crippen MR) is 212 cm³/mol. The van der Waals surface area contributed by atoms with Gasteiger partial charge in [0.2, 0.25) is 0 Å². The van der Waals surface area contributed by atoms with Crippen molar-refractivity contribution in [2.45, 2.75) is 34.7 Å². The van der Waals surface area contributed by atoms with E-state index in [0.717, 1.165) is 63.2 Å². The second-order valence-corrected chi connectivity index (χ2v) is 16.9. The van der Waals surface area contributed by atoms with Crippen LogP contribution in [-0.4, -0.2) is 81.1 Å². The fourth-order valence-electron chi connectivity index (χ4n) is 6.76. The molecule has 0 bridgehead atoms. The third kappa shape index (κ3) is 10.4. The molecule has 7 nitrogen and oxygen atoms in total. The normalized spacial score (nSPS) is 18.4. The van der Waals surface area contributed by atoms with Gasteiger partial charge in [-0.3, -0.25) is 4.72 Å². The number of benzene rings is 4. The zero-order valence-electron chi connectivity index (χ0n) is 28.6. The highest BCUT2D eigenvalue weighted by molar-refractivity contribution is 7.97. The van der Waals surface area contributed by atoms with E-state index in [0.29, 0.717) is 54.6 Å². The SMILES string of the molecule is CN1Cc2c(Cl)cc(Cl)cc2C(c2cccc(SNCCOCCOCCN[S+]([O-])c3cccc(C4CN(C)Cc5c(Cl)cc(Cl)cc54)c3)c2)C1. The van der Waals surface area contributed by atoms with Crippen molar-refractivity contribution >= 4 is 69.7 Å². The Morgan fingerprint density at radius 2 is 1.27 bits per heavy atom. The summed E-state index contributed by atoms with van der Waals surface area (Å²) in [4.78, 5) is 6.40. The smallest absolute Gasteiger partial charge is 0.174 e. The van der Waals surface area contributed by atoms with Gasteiger partial charge in [-0.25, -0.2) is 0 Å². The summed E-state index contributed by atoms with van der Waals surface area (Å²) in [5.74, 6) is 0.289. The van der Waals surface area contributed by atoms with E-state index in [-0.39, 0.29) is 11.8 Å². The third-order valence-electron chi connectivity index (χ3n) is 9.11. The molecule has 2 aliphatic rings. The van der Waals surface area contributed by atoms with Crippen LogP contribution < -0.4 is 9.44 Å². The number of hydrogen-bond donors (Lipinski definition) is 2. The second kappa shape index (κ2) is 18.7. The number of halogens is 4. The molecule has 0 fully saturated rings. The Morgan fingerprint density at radius 1 is 0.725 bits per heavy atom. The second-order valence-electron chi connectivity index (χ2n) is 12.9. The molecule has 0 amide bonds. The Kier molecular flexibility index (Phi) is 14.3. The van der Waals surface area contributed by atoms with Gasteiger partial charge < -0.3 is 23.8 Å². The zero-order valence-corrected chi connectivity index (χ0v) is 33.3. The van der Waals surface area contributed by atoms with Gasteiger partial charge in [0.25, 0.3) is 0 Å². The minimum atomic E-state index is -1.37. The van der Waals surface area contributed by atoms with E-state index in [1.54, 1.807) is 18.0 Å². The van der Waals surface area contributed by atoms with E-state index in [2.05, 4.69) is 69.7 Å². The van der Waals surface area contributed by atoms with Crippen molar-refractivity contribution in [2.24, 2.45) is 0 Å². The van der Waals surface area contributed by atoms with Gasteiger partial charge in [-0.2, -0.15) is 0 Å². The van der Waals surface area contributed by atoms with Gasteiger partial charge in [0.05, 0.1) is 44.3 Å². The average Bonchev–Trinajstić information content (AvgIpc) is 3.11. The molecule has 51 heavy (non-hydrogen) atoms. The summed E-state index contributed by atoms with van der Waals surface area (Å²) in [6, 6.07) is 24.2. The highest BCUT2D eigenvalue weighted by Gasteiger charge is 2.29. The fraction of sp³-hybridized carbons (Fsp3) is 0.368. The molecule has 3 unspecified atom stereocenters. The molecular formula is C38H42Cl4N4O3S2. The van der Waals surface area contributed by atoms with Gasteiger partial charge in [0, 0.05) is 69.5 Å². The van der Waals surface area contributed by atoms with Crippen LogP contribution in [0.5, 0.6) is 0 Å². The summed E-state index contributed by atoms with van der Waals surface area (Å²) in [5, 5.41) is 2.71. The monoisotopic (exact) mass is 806 g/mol. The van der Waals surface area contributed by atoms with Crippen molar-refractivity contribution < 1.29 is 14.0 Å². The van der Waals surface area contributed by atoms with Crippen LogP contribution in [0.3, 0.4) is 0 Å². The highest BCUT2D eigenvalue weighted by Crippen LogP contribution is 2.40. The van der Waals surface area contributed by atoms with Crippen molar-refractivity contribution in [1.29, 1.82) is 0 Å². The summed E-state index contributed by atoms with van der Waals surface area (Å²) in [7, 11) is 4.20. The van der Waals surface area contributed by atoms with Crippen LogP contribution in [0.1, 0.15) is 45.2 Å². The molecule has 0 aliphatic carbocycles. The molecule has 4 aromatic carbocycles. The summed E-state index contributed by atoms with van der Waals surface area (Å²) in [6.45, 7) is 6.41. The van der Waals surface area contributed by atoms with Gasteiger partial charge in [0.15, 0.2) is 4.90 Å². The molecule has 6 rings (SSSR count). The summed E-state index contributed by atoms with van der Waals surface area (Å²) >= 11 is 26.1. The van der Waals surface area contributed by atoms with Crippen LogP contribution in [0.4, 0.5) is 0 Å². The van der Waals surface area contributed by atoms with E-state index in [1.807, 2.05) is 30.3 Å². The van der Waals surface area contributed by atoms with Gasteiger partial charge in [-0.05, 0) is 108 Å². The topological polar surface area (TPSA) is 72.1 Å². The molecule has 13 heteroatoms. The lowest BCUT2D eigenvalue weighted by Gasteiger charge is -2.33. The molecule has 0 spiro atoms. The number of rotatable bonds is 15. The van der Waals surface area contributed by atoms with Gasteiger partial charge in [0.1, 0.15) is 0 Å². The zero-order chi connectivity index (χ0) is 35.9. The first-order chi connectivity index (χ1) is 24.7. The Balaban J connectivity index is 0.873. The number of nitrogens with zero attached hydrogens (tertiary/aromatic N) is 2. The molecule has 2 N–H and O–H groups in total. The number of ether oxygens (including phenoxy) is 2. The fourth-order valence-corrected chi connectivity index (χ4v) is 9.47. The molecule has 272 valence electrons. The molecule has 2 aliphatic heterocycles. The Hall–Kier alpha value is -1.54. The van der Waals surface area contributed by atoms with E-state index >= 15 is 0 Å². The Morgan fingerprint density at radius 3 is 1.88 bits per heavy atom. The summed E-state index contributed by atoms with van der Waals surface area (Å²) in [5.41, 5.74) is 6.90. The van der Waals surface area contributed by atoms with Crippen LogP contribution in [0.15, 0.2) is 82.6 Å². The summed E-state index contributed by atoms with van der Waals surface area (Å²) < 4.78 is 31.0. The van der Waals surface area contributed by atoms with Crippen LogP contribution >= 0.6 is 58.4 Å². The average molecular weight is 809 g/mol. The van der Waals surface area contributed by atoms with Crippen molar-refractivity contribution in [1.82, 2.24) is 19.2 Å². The Bertz CT molecular complexity index is 1800. The lowest BCUT2D eigenvalue weighted by molar-refractivity contribution is 0.0524. The largest absolute Gasteiger partial charge is 0.593 e. The lowest BCUT2D eigenvalue weighted by Crippen LogP contribution is -2.31. The first-order valence-corrected chi connectivity index (χ1v) is 20.4. The van der Waals surface area contributed by atoms with Crippen molar-refractivity contribution in [2.75, 3.05) is 66.7 Å².